The van der Waals surface area contributed by atoms with Gasteiger partial charge in [0.1, 0.15) is 6.54 Å². The third-order valence-corrected chi connectivity index (χ3v) is 6.13. The smallest absolute Gasteiger partial charge is 0.304 e. The van der Waals surface area contributed by atoms with Crippen LogP contribution >= 0.6 is 0 Å². The highest BCUT2D eigenvalue weighted by Crippen LogP contribution is 2.30. The molecule has 0 saturated heterocycles. The van der Waals surface area contributed by atoms with Crippen molar-refractivity contribution in [3.63, 3.8) is 0 Å². The van der Waals surface area contributed by atoms with Crippen molar-refractivity contribution in [3.8, 4) is 11.5 Å². The average Bonchev–Trinajstić information content (AvgIpc) is 2.70. The van der Waals surface area contributed by atoms with Crippen LogP contribution in [0.2, 0.25) is 0 Å². The molecule has 2 aromatic carbocycles. The average molecular weight is 422 g/mol. The first-order valence-corrected chi connectivity index (χ1v) is 10.3. The first kappa shape index (κ1) is 22.5. The minimum absolute atomic E-state index is 0.170. The Morgan fingerprint density at radius 3 is 2.24 bits per heavy atom. The number of rotatable bonds is 9. The van der Waals surface area contributed by atoms with Crippen molar-refractivity contribution in [1.29, 1.82) is 0 Å². The zero-order valence-electron chi connectivity index (χ0n) is 17.3. The summed E-state index contributed by atoms with van der Waals surface area (Å²) in [5.74, 6) is 0.628. The number of hydrogen-bond acceptors (Lipinski definition) is 5. The van der Waals surface area contributed by atoms with E-state index < -0.39 is 16.1 Å². The van der Waals surface area contributed by atoms with Crippen molar-refractivity contribution in [2.24, 2.45) is 0 Å². The molecule has 8 nitrogen and oxygen atoms in total. The second-order valence-electron chi connectivity index (χ2n) is 6.56. The molecule has 0 radical (unpaired) electrons. The number of ether oxygens (including phenoxy) is 2. The predicted octanol–water partition coefficient (Wildman–Crippen LogP) is 1.94. The number of carbonyl (C=O) groups is 1. The van der Waals surface area contributed by atoms with E-state index in [1.807, 2.05) is 6.92 Å². The Labute approximate surface area is 172 Å². The standard InChI is InChI=1S/C20H27N3O5S/c1-15-9-11-17(12-10-15)23(29(25,26)22(2)3)14-19(24)21-13-16-7-6-8-18(27-4)20(16)28-5/h6-12H,13-14H2,1-5H3,(H,21,24). The maximum absolute atomic E-state index is 12.7. The van der Waals surface area contributed by atoms with Crippen molar-refractivity contribution >= 4 is 21.8 Å². The summed E-state index contributed by atoms with van der Waals surface area (Å²) in [6, 6.07) is 12.3. The van der Waals surface area contributed by atoms with Crippen molar-refractivity contribution < 1.29 is 22.7 Å². The highest BCUT2D eigenvalue weighted by atomic mass is 32.2. The minimum Gasteiger partial charge on any atom is -0.493 e. The van der Waals surface area contributed by atoms with Crippen molar-refractivity contribution in [2.45, 2.75) is 13.5 Å². The molecule has 0 saturated carbocycles. The van der Waals surface area contributed by atoms with Crippen LogP contribution < -0.4 is 19.1 Å². The highest BCUT2D eigenvalue weighted by Gasteiger charge is 2.27. The van der Waals surface area contributed by atoms with Gasteiger partial charge in [-0.15, -0.1) is 0 Å². The predicted molar refractivity (Wildman–Crippen MR) is 113 cm³/mol. The van der Waals surface area contributed by atoms with Crippen LogP contribution in [-0.4, -0.2) is 53.5 Å². The van der Waals surface area contributed by atoms with Crippen molar-refractivity contribution in [3.05, 3.63) is 53.6 Å². The summed E-state index contributed by atoms with van der Waals surface area (Å²) in [5, 5.41) is 2.75. The van der Waals surface area contributed by atoms with Gasteiger partial charge in [0.25, 0.3) is 0 Å². The molecule has 0 fully saturated rings. The molecule has 0 unspecified atom stereocenters. The summed E-state index contributed by atoms with van der Waals surface area (Å²) >= 11 is 0. The lowest BCUT2D eigenvalue weighted by Gasteiger charge is -2.27. The van der Waals surface area contributed by atoms with Crippen molar-refractivity contribution in [2.75, 3.05) is 39.2 Å². The Morgan fingerprint density at radius 1 is 1.03 bits per heavy atom. The SMILES string of the molecule is COc1cccc(CNC(=O)CN(c2ccc(C)cc2)S(=O)(=O)N(C)C)c1OC. The largest absolute Gasteiger partial charge is 0.493 e. The van der Waals surface area contributed by atoms with Gasteiger partial charge in [-0.3, -0.25) is 4.79 Å². The highest BCUT2D eigenvalue weighted by molar-refractivity contribution is 7.90. The summed E-state index contributed by atoms with van der Waals surface area (Å²) in [7, 11) is 2.06. The van der Waals surface area contributed by atoms with Crippen LogP contribution in [0.5, 0.6) is 11.5 Å². The van der Waals surface area contributed by atoms with E-state index in [0.29, 0.717) is 17.2 Å². The van der Waals surface area contributed by atoms with Crippen LogP contribution in [0, 0.1) is 6.92 Å². The molecule has 0 aromatic heterocycles. The maximum Gasteiger partial charge on any atom is 0.304 e. The molecule has 158 valence electrons. The molecule has 9 heteroatoms. The van der Waals surface area contributed by atoms with Gasteiger partial charge in [0.15, 0.2) is 11.5 Å². The molecule has 0 spiro atoms. The summed E-state index contributed by atoms with van der Waals surface area (Å²) in [4.78, 5) is 12.6. The quantitative estimate of drug-likeness (QED) is 0.669. The van der Waals surface area contributed by atoms with Crippen molar-refractivity contribution in [1.82, 2.24) is 9.62 Å². The Bertz CT molecular complexity index is 943. The molecule has 1 amide bonds. The fourth-order valence-corrected chi connectivity index (χ4v) is 3.75. The number of benzene rings is 2. The normalized spacial score (nSPS) is 11.2. The Balaban J connectivity index is 2.20. The van der Waals surface area contributed by atoms with Gasteiger partial charge in [0, 0.05) is 26.2 Å². The van der Waals surface area contributed by atoms with E-state index in [0.717, 1.165) is 19.7 Å². The lowest BCUT2D eigenvalue weighted by atomic mass is 10.2. The van der Waals surface area contributed by atoms with E-state index in [1.165, 1.54) is 28.3 Å². The second kappa shape index (κ2) is 9.62. The molecule has 0 aliphatic carbocycles. The monoisotopic (exact) mass is 421 g/mol. The zero-order chi connectivity index (χ0) is 21.6. The number of hydrogen-bond donors (Lipinski definition) is 1. The molecule has 2 aromatic rings. The summed E-state index contributed by atoms with van der Waals surface area (Å²) < 4.78 is 38.3. The first-order chi connectivity index (χ1) is 13.7. The first-order valence-electron chi connectivity index (χ1n) is 8.94. The number of anilines is 1. The number of nitrogens with zero attached hydrogens (tertiary/aromatic N) is 2. The number of para-hydroxylation sites is 1. The van der Waals surface area contributed by atoms with Crippen LogP contribution in [0.4, 0.5) is 5.69 Å². The molecule has 0 aliphatic rings. The fourth-order valence-electron chi connectivity index (χ4n) is 2.69. The van der Waals surface area contributed by atoms with E-state index in [1.54, 1.807) is 42.5 Å². The molecule has 29 heavy (non-hydrogen) atoms. The maximum atomic E-state index is 12.7. The number of amides is 1. The van der Waals surface area contributed by atoms with E-state index in [9.17, 15) is 13.2 Å². The minimum atomic E-state index is -3.85. The number of methoxy groups -OCH3 is 2. The van der Waals surface area contributed by atoms with E-state index in [-0.39, 0.29) is 13.1 Å². The van der Waals surface area contributed by atoms with Gasteiger partial charge in [-0.25, -0.2) is 4.31 Å². The molecule has 2 rings (SSSR count). The van der Waals surface area contributed by atoms with Gasteiger partial charge in [-0.2, -0.15) is 12.7 Å². The van der Waals surface area contributed by atoms with Gasteiger partial charge < -0.3 is 14.8 Å². The number of aryl methyl sites for hydroxylation is 1. The van der Waals surface area contributed by atoms with Crippen LogP contribution in [-0.2, 0) is 21.5 Å². The molecule has 0 aliphatic heterocycles. The van der Waals surface area contributed by atoms with E-state index in [4.69, 9.17) is 9.47 Å². The fraction of sp³-hybridized carbons (Fsp3) is 0.350. The zero-order valence-corrected chi connectivity index (χ0v) is 18.1. The van der Waals surface area contributed by atoms with Crippen LogP contribution in [0.3, 0.4) is 0 Å². The Hall–Kier alpha value is -2.78. The van der Waals surface area contributed by atoms with Gasteiger partial charge in [-0.1, -0.05) is 29.8 Å². The van der Waals surface area contributed by atoms with Crippen LogP contribution in [0.15, 0.2) is 42.5 Å². The molecule has 0 atom stereocenters. The van der Waals surface area contributed by atoms with Crippen LogP contribution in [0.25, 0.3) is 0 Å². The lowest BCUT2D eigenvalue weighted by Crippen LogP contribution is -2.45. The molecular formula is C20H27N3O5S. The van der Waals surface area contributed by atoms with E-state index in [2.05, 4.69) is 5.32 Å². The Kier molecular flexibility index (Phi) is 7.46. The second-order valence-corrected chi connectivity index (χ2v) is 8.63. The summed E-state index contributed by atoms with van der Waals surface area (Å²) in [6.07, 6.45) is 0. The Morgan fingerprint density at radius 2 is 1.69 bits per heavy atom. The molecule has 1 N–H and O–H groups in total. The van der Waals surface area contributed by atoms with E-state index >= 15 is 0 Å². The number of carbonyl (C=O) groups excluding carboxylic acids is 1. The summed E-state index contributed by atoms with van der Waals surface area (Å²) in [6.45, 7) is 1.72. The van der Waals surface area contributed by atoms with Crippen LogP contribution in [0.1, 0.15) is 11.1 Å². The topological polar surface area (TPSA) is 88.2 Å². The van der Waals surface area contributed by atoms with Gasteiger partial charge in [-0.05, 0) is 25.1 Å². The molecule has 0 bridgehead atoms. The number of nitrogens with one attached hydrogen (secondary N) is 1. The molecule has 0 heterocycles. The van der Waals surface area contributed by atoms with Gasteiger partial charge in [0.2, 0.25) is 5.91 Å². The summed E-state index contributed by atoms with van der Waals surface area (Å²) in [5.41, 5.74) is 2.13. The molecular weight excluding hydrogens is 394 g/mol. The van der Waals surface area contributed by atoms with Gasteiger partial charge in [0.05, 0.1) is 19.9 Å². The lowest BCUT2D eigenvalue weighted by molar-refractivity contribution is -0.119. The third-order valence-electron chi connectivity index (χ3n) is 4.31. The third kappa shape index (κ3) is 5.39. The van der Waals surface area contributed by atoms with Gasteiger partial charge >= 0.3 is 10.2 Å².